The van der Waals surface area contributed by atoms with Crippen molar-refractivity contribution in [3.8, 4) is 5.75 Å². The molecule has 2 aliphatic heterocycles. The molecule has 4 aromatic rings. The van der Waals surface area contributed by atoms with Crippen molar-refractivity contribution in [1.82, 2.24) is 15.1 Å². The number of carbonyl (C=O) groups excluding carboxylic acids is 2. The fourth-order valence-corrected chi connectivity index (χ4v) is 9.48. The van der Waals surface area contributed by atoms with Gasteiger partial charge in [-0.2, -0.15) is 0 Å². The van der Waals surface area contributed by atoms with E-state index >= 15 is 0 Å². The molecule has 7 heteroatoms. The van der Waals surface area contributed by atoms with Crippen LogP contribution in [0.4, 0.5) is 0 Å². The molecular formula is C45H51N3O4. The number of imide groups is 1. The van der Waals surface area contributed by atoms with Crippen molar-refractivity contribution in [2.45, 2.75) is 101 Å². The molecule has 52 heavy (non-hydrogen) atoms. The quantitative estimate of drug-likeness (QED) is 0.132. The van der Waals surface area contributed by atoms with Crippen molar-refractivity contribution < 1.29 is 19.4 Å². The highest BCUT2D eigenvalue weighted by molar-refractivity contribution is 6.00. The third-order valence-corrected chi connectivity index (χ3v) is 12.4. The van der Waals surface area contributed by atoms with Crippen LogP contribution in [0.15, 0.2) is 91.0 Å². The van der Waals surface area contributed by atoms with Gasteiger partial charge in [0.1, 0.15) is 5.75 Å². The van der Waals surface area contributed by atoms with Crippen LogP contribution in [0.1, 0.15) is 107 Å². The van der Waals surface area contributed by atoms with Gasteiger partial charge >= 0.3 is 0 Å². The molecule has 270 valence electrons. The number of hydrogen-bond donors (Lipinski definition) is 2. The molecule has 2 amide bonds. The molecule has 1 saturated carbocycles. The Labute approximate surface area is 308 Å². The normalized spacial score (nSPS) is 24.8. The van der Waals surface area contributed by atoms with Crippen LogP contribution in [0.2, 0.25) is 0 Å². The number of phenolic OH excluding ortho intramolecular Hbond substituents is 1. The van der Waals surface area contributed by atoms with Crippen LogP contribution in [0.3, 0.4) is 0 Å². The van der Waals surface area contributed by atoms with Gasteiger partial charge < -0.3 is 14.7 Å². The minimum atomic E-state index is -0.208. The second-order valence-corrected chi connectivity index (χ2v) is 15.6. The van der Waals surface area contributed by atoms with Crippen LogP contribution in [-0.4, -0.2) is 59.0 Å². The van der Waals surface area contributed by atoms with E-state index in [0.717, 1.165) is 32.5 Å². The maximum Gasteiger partial charge on any atom is 0.243 e. The maximum absolute atomic E-state index is 12.4. The average Bonchev–Trinajstić information content (AvgIpc) is 3.60. The van der Waals surface area contributed by atoms with Gasteiger partial charge in [0.25, 0.3) is 0 Å². The van der Waals surface area contributed by atoms with E-state index in [4.69, 9.17) is 4.74 Å². The molecule has 4 aliphatic rings. The third kappa shape index (κ3) is 7.45. The zero-order chi connectivity index (χ0) is 35.6. The fraction of sp³-hybridized carbons (Fsp3) is 0.422. The summed E-state index contributed by atoms with van der Waals surface area (Å²) in [6, 6.07) is 33.1. The highest BCUT2D eigenvalue weighted by Crippen LogP contribution is 2.47. The van der Waals surface area contributed by atoms with Gasteiger partial charge in [-0.3, -0.25) is 19.8 Å². The molecule has 2 heterocycles. The second-order valence-electron chi connectivity index (χ2n) is 15.6. The Morgan fingerprint density at radius 3 is 2.33 bits per heavy atom. The summed E-state index contributed by atoms with van der Waals surface area (Å²) < 4.78 is 6.21. The largest absolute Gasteiger partial charge is 0.508 e. The number of aromatic hydroxyl groups is 1. The lowest BCUT2D eigenvalue weighted by Gasteiger charge is -2.35. The summed E-state index contributed by atoms with van der Waals surface area (Å²) in [5.74, 6) is 1.28. The number of likely N-dealkylation sites (N-methyl/N-ethyl adjacent to an activating group) is 1. The van der Waals surface area contributed by atoms with Gasteiger partial charge in [-0.1, -0.05) is 78.9 Å². The summed E-state index contributed by atoms with van der Waals surface area (Å²) in [6.45, 7) is 3.81. The molecule has 3 atom stereocenters. The number of carbonyl (C=O) groups is 2. The number of piperidine rings is 1. The number of amides is 2. The highest BCUT2D eigenvalue weighted by Gasteiger charge is 2.36. The Kier molecular flexibility index (Phi) is 10.3. The number of hydrogen-bond acceptors (Lipinski definition) is 6. The molecule has 7 nitrogen and oxygen atoms in total. The first-order valence-corrected chi connectivity index (χ1v) is 19.3. The zero-order valence-corrected chi connectivity index (χ0v) is 30.3. The van der Waals surface area contributed by atoms with E-state index in [1.54, 1.807) is 0 Å². The zero-order valence-electron chi connectivity index (χ0n) is 30.3. The van der Waals surface area contributed by atoms with Crippen LogP contribution in [0.5, 0.6) is 5.75 Å². The Bertz CT molecular complexity index is 1880. The predicted molar refractivity (Wildman–Crippen MR) is 203 cm³/mol. The number of ether oxygens (including phenoxy) is 1. The Morgan fingerprint density at radius 1 is 0.769 bits per heavy atom. The van der Waals surface area contributed by atoms with Gasteiger partial charge in [0, 0.05) is 38.0 Å². The monoisotopic (exact) mass is 697 g/mol. The lowest BCUT2D eigenvalue weighted by Crippen LogP contribution is -2.50. The number of phenols is 1. The van der Waals surface area contributed by atoms with Gasteiger partial charge in [-0.15, -0.1) is 0 Å². The predicted octanol–water partition coefficient (Wildman–Crippen LogP) is 7.55. The van der Waals surface area contributed by atoms with E-state index < -0.39 is 0 Å². The van der Waals surface area contributed by atoms with Gasteiger partial charge in [0.05, 0.1) is 19.3 Å². The first-order chi connectivity index (χ1) is 25.4. The molecule has 2 aliphatic carbocycles. The summed E-state index contributed by atoms with van der Waals surface area (Å²) in [6.07, 6.45) is 7.84. The molecule has 8 rings (SSSR count). The Hall–Kier alpha value is -4.30. The van der Waals surface area contributed by atoms with E-state index in [1.165, 1.54) is 70.2 Å². The van der Waals surface area contributed by atoms with Crippen molar-refractivity contribution in [1.29, 1.82) is 0 Å². The fourth-order valence-electron chi connectivity index (χ4n) is 9.48. The van der Waals surface area contributed by atoms with Gasteiger partial charge in [0.15, 0.2) is 0 Å². The molecule has 2 fully saturated rings. The van der Waals surface area contributed by atoms with Gasteiger partial charge in [-0.25, -0.2) is 0 Å². The molecule has 0 spiro atoms. The summed E-state index contributed by atoms with van der Waals surface area (Å²) in [7, 11) is 2.24. The standard InChI is InChI=1S/C45H51N3O4/c1-47(38-16-13-31(14-17-38)34-11-12-36-27-48(28-37(36)25-34)42-21-22-43(50)46-45(42)51)23-24-52-29-30-7-9-33(10-8-30)44-40(32-5-3-2-4-6-32)19-15-35-26-39(49)18-20-41(35)44/h2-12,18,20,25-26,31,38,40,42,44,49H,13-17,19,21-24,27-29H2,1H3,(H,46,50,51)/t31?,38?,40-,42+,44+/m1/s1. The third-order valence-electron chi connectivity index (χ3n) is 12.4. The molecule has 0 aromatic heterocycles. The van der Waals surface area contributed by atoms with E-state index in [0.29, 0.717) is 49.7 Å². The Balaban J connectivity index is 0.806. The number of aryl methyl sites for hydroxylation is 1. The lowest BCUT2D eigenvalue weighted by atomic mass is 9.69. The van der Waals surface area contributed by atoms with E-state index in [2.05, 4.69) is 101 Å². The Morgan fingerprint density at radius 2 is 1.54 bits per heavy atom. The van der Waals surface area contributed by atoms with Crippen LogP contribution in [-0.2, 0) is 40.4 Å². The van der Waals surface area contributed by atoms with Crippen molar-refractivity contribution >= 4 is 11.8 Å². The number of fused-ring (bicyclic) bond motifs is 2. The number of nitrogens with one attached hydrogen (secondary N) is 1. The van der Waals surface area contributed by atoms with Crippen LogP contribution < -0.4 is 5.32 Å². The van der Waals surface area contributed by atoms with Crippen molar-refractivity contribution in [3.63, 3.8) is 0 Å². The van der Waals surface area contributed by atoms with Crippen LogP contribution in [0.25, 0.3) is 0 Å². The summed E-state index contributed by atoms with van der Waals surface area (Å²) in [4.78, 5) is 28.8. The maximum atomic E-state index is 12.4. The van der Waals surface area contributed by atoms with Crippen LogP contribution >= 0.6 is 0 Å². The van der Waals surface area contributed by atoms with E-state index in [1.807, 2.05) is 12.1 Å². The van der Waals surface area contributed by atoms with Crippen molar-refractivity contribution in [2.75, 3.05) is 20.2 Å². The molecule has 1 saturated heterocycles. The minimum absolute atomic E-state index is 0.145. The van der Waals surface area contributed by atoms with Crippen LogP contribution in [0, 0.1) is 0 Å². The van der Waals surface area contributed by atoms with E-state index in [9.17, 15) is 14.7 Å². The molecule has 0 unspecified atom stereocenters. The number of rotatable bonds is 10. The lowest BCUT2D eigenvalue weighted by molar-refractivity contribution is -0.137. The molecule has 4 aromatic carbocycles. The van der Waals surface area contributed by atoms with E-state index in [-0.39, 0.29) is 23.8 Å². The topological polar surface area (TPSA) is 82.1 Å². The first-order valence-electron chi connectivity index (χ1n) is 19.3. The molecule has 0 radical (unpaired) electrons. The summed E-state index contributed by atoms with van der Waals surface area (Å²) in [5, 5.41) is 12.7. The summed E-state index contributed by atoms with van der Waals surface area (Å²) >= 11 is 0. The molecular weight excluding hydrogens is 647 g/mol. The number of nitrogens with zero attached hydrogens (tertiary/aromatic N) is 2. The molecule has 0 bridgehead atoms. The smallest absolute Gasteiger partial charge is 0.243 e. The number of benzene rings is 4. The van der Waals surface area contributed by atoms with Crippen molar-refractivity contribution in [3.05, 3.63) is 136 Å². The SMILES string of the molecule is CN(CCOCc1ccc([C@@H]2c3ccc(O)cc3CC[C@@H]2c2ccccc2)cc1)C1CCC(c2ccc3c(c2)CN([C@H]2CCC(=O)NC2=O)C3)CC1. The first kappa shape index (κ1) is 34.8. The summed E-state index contributed by atoms with van der Waals surface area (Å²) in [5.41, 5.74) is 10.5. The average molecular weight is 698 g/mol. The molecule has 2 N–H and O–H groups in total. The second kappa shape index (κ2) is 15.4. The van der Waals surface area contributed by atoms with Gasteiger partial charge in [0.2, 0.25) is 11.8 Å². The highest BCUT2D eigenvalue weighted by atomic mass is 16.5. The van der Waals surface area contributed by atoms with Crippen molar-refractivity contribution in [2.24, 2.45) is 0 Å². The van der Waals surface area contributed by atoms with Gasteiger partial charge in [-0.05, 0) is 120 Å². The minimum Gasteiger partial charge on any atom is -0.508 e.